The molecule has 0 saturated carbocycles. The van der Waals surface area contributed by atoms with Crippen molar-refractivity contribution < 1.29 is 4.74 Å². The minimum absolute atomic E-state index is 0.411. The first kappa shape index (κ1) is 29.6. The molecule has 0 bridgehead atoms. The van der Waals surface area contributed by atoms with E-state index in [1.807, 2.05) is 54.9 Å². The monoisotopic (exact) mass is 624 g/mol. The standard InChI is InChI=1S/C43H36N4O/c1-27(2)34-13-10-14-35(28(3)4)41(34)30-18-21-45-39(25-30)29-11-9-12-32(23-29)48-33-24-31-19-22-47-40-17-6-5-16-38(40)46-43(47)42(31)36(26-33)37-15-7-8-20-44-37/h5-28H,1-4H3. The summed E-state index contributed by atoms with van der Waals surface area (Å²) in [5, 5.41) is 2.07. The number of hydrogen-bond acceptors (Lipinski definition) is 4. The molecule has 0 amide bonds. The lowest BCUT2D eigenvalue weighted by molar-refractivity contribution is 0.484. The van der Waals surface area contributed by atoms with Crippen molar-refractivity contribution in [2.45, 2.75) is 39.5 Å². The molecule has 0 unspecified atom stereocenters. The van der Waals surface area contributed by atoms with E-state index in [0.717, 1.165) is 61.5 Å². The lowest BCUT2D eigenvalue weighted by atomic mass is 9.85. The van der Waals surface area contributed by atoms with Gasteiger partial charge in [-0.3, -0.25) is 14.4 Å². The summed E-state index contributed by atoms with van der Waals surface area (Å²) in [6.45, 7) is 9.05. The van der Waals surface area contributed by atoms with Crippen LogP contribution in [0, 0.1) is 0 Å². The first-order valence-corrected chi connectivity index (χ1v) is 16.6. The predicted molar refractivity (Wildman–Crippen MR) is 197 cm³/mol. The van der Waals surface area contributed by atoms with E-state index in [1.54, 1.807) is 0 Å². The molecule has 0 aliphatic carbocycles. The van der Waals surface area contributed by atoms with Crippen molar-refractivity contribution in [3.05, 3.63) is 145 Å². The summed E-state index contributed by atoms with van der Waals surface area (Å²) in [5.41, 5.74) is 11.9. The molecule has 0 N–H and O–H groups in total. The van der Waals surface area contributed by atoms with Gasteiger partial charge in [-0.05, 0) is 106 Å². The van der Waals surface area contributed by atoms with Gasteiger partial charge in [0.1, 0.15) is 17.1 Å². The molecular formula is C43H36N4O. The highest BCUT2D eigenvalue weighted by Gasteiger charge is 2.18. The maximum atomic E-state index is 6.62. The molecule has 0 saturated heterocycles. The summed E-state index contributed by atoms with van der Waals surface area (Å²) in [5.74, 6) is 2.29. The number of aromatic nitrogens is 4. The molecule has 0 radical (unpaired) electrons. The van der Waals surface area contributed by atoms with Crippen molar-refractivity contribution in [3.63, 3.8) is 0 Å². The Morgan fingerprint density at radius 1 is 0.604 bits per heavy atom. The van der Waals surface area contributed by atoms with Gasteiger partial charge >= 0.3 is 0 Å². The Labute approximate surface area is 280 Å². The van der Waals surface area contributed by atoms with Crippen LogP contribution in [0.1, 0.15) is 50.7 Å². The molecule has 5 nitrogen and oxygen atoms in total. The van der Waals surface area contributed by atoms with E-state index in [4.69, 9.17) is 19.7 Å². The van der Waals surface area contributed by atoms with Crippen molar-refractivity contribution in [2.75, 3.05) is 0 Å². The number of imidazole rings is 1. The number of benzene rings is 4. The highest BCUT2D eigenvalue weighted by molar-refractivity contribution is 6.07. The third-order valence-corrected chi connectivity index (χ3v) is 9.09. The minimum Gasteiger partial charge on any atom is -0.457 e. The van der Waals surface area contributed by atoms with Gasteiger partial charge in [-0.15, -0.1) is 0 Å². The molecule has 5 heteroatoms. The van der Waals surface area contributed by atoms with Crippen LogP contribution in [-0.2, 0) is 0 Å². The van der Waals surface area contributed by atoms with E-state index >= 15 is 0 Å². The zero-order valence-electron chi connectivity index (χ0n) is 27.6. The first-order valence-electron chi connectivity index (χ1n) is 16.6. The Morgan fingerprint density at radius 2 is 1.38 bits per heavy atom. The number of fused-ring (bicyclic) bond motifs is 5. The Bertz CT molecular complexity index is 2420. The molecule has 0 aliphatic rings. The Balaban J connectivity index is 1.21. The molecule has 4 aromatic carbocycles. The van der Waals surface area contributed by atoms with Crippen molar-refractivity contribution in [1.29, 1.82) is 0 Å². The number of rotatable bonds is 7. The van der Waals surface area contributed by atoms with Crippen LogP contribution in [0.25, 0.3) is 61.1 Å². The van der Waals surface area contributed by atoms with Crippen molar-refractivity contribution in [3.8, 4) is 45.1 Å². The number of pyridine rings is 3. The molecule has 8 aromatic rings. The summed E-state index contributed by atoms with van der Waals surface area (Å²) in [6.07, 6.45) is 5.83. The molecule has 8 rings (SSSR count). The van der Waals surface area contributed by atoms with Crippen LogP contribution in [0.15, 0.2) is 134 Å². The fraction of sp³-hybridized carbons (Fsp3) is 0.140. The van der Waals surface area contributed by atoms with Crippen LogP contribution >= 0.6 is 0 Å². The number of ether oxygens (including phenoxy) is 1. The Hall–Kier alpha value is -5.81. The lowest BCUT2D eigenvalue weighted by Gasteiger charge is -2.20. The Morgan fingerprint density at radius 3 is 2.17 bits per heavy atom. The maximum Gasteiger partial charge on any atom is 0.146 e. The molecule has 0 spiro atoms. The van der Waals surface area contributed by atoms with E-state index in [1.165, 1.54) is 22.3 Å². The van der Waals surface area contributed by atoms with Crippen molar-refractivity contribution in [2.24, 2.45) is 0 Å². The van der Waals surface area contributed by atoms with Crippen LogP contribution in [0.5, 0.6) is 11.5 Å². The third-order valence-electron chi connectivity index (χ3n) is 9.09. The average molecular weight is 625 g/mol. The van der Waals surface area contributed by atoms with Gasteiger partial charge in [-0.2, -0.15) is 0 Å². The molecule has 4 aromatic heterocycles. The SMILES string of the molecule is CC(C)c1cccc(C(C)C)c1-c1ccnc(-c2cccc(Oc3cc(-c4ccccn4)c4c(ccn5c6ccccc6nc45)c3)c2)c1. The fourth-order valence-corrected chi connectivity index (χ4v) is 6.81. The zero-order valence-corrected chi connectivity index (χ0v) is 27.6. The lowest BCUT2D eigenvalue weighted by Crippen LogP contribution is -2.00. The molecule has 234 valence electrons. The van der Waals surface area contributed by atoms with Crippen molar-refractivity contribution in [1.82, 2.24) is 19.4 Å². The van der Waals surface area contributed by atoms with Gasteiger partial charge in [0, 0.05) is 35.1 Å². The van der Waals surface area contributed by atoms with Crippen LogP contribution in [-0.4, -0.2) is 19.4 Å². The summed E-state index contributed by atoms with van der Waals surface area (Å²) in [7, 11) is 0. The van der Waals surface area contributed by atoms with Crippen LogP contribution < -0.4 is 4.74 Å². The second-order valence-electron chi connectivity index (χ2n) is 12.9. The van der Waals surface area contributed by atoms with E-state index in [-0.39, 0.29) is 0 Å². The Kier molecular flexibility index (Phi) is 7.45. The zero-order chi connectivity index (χ0) is 32.8. The van der Waals surface area contributed by atoms with Crippen LogP contribution in [0.3, 0.4) is 0 Å². The molecular weight excluding hydrogens is 589 g/mol. The predicted octanol–water partition coefficient (Wildman–Crippen LogP) is 11.5. The molecule has 0 fully saturated rings. The van der Waals surface area contributed by atoms with Crippen molar-refractivity contribution >= 4 is 27.5 Å². The van der Waals surface area contributed by atoms with Gasteiger partial charge in [0.25, 0.3) is 0 Å². The van der Waals surface area contributed by atoms with E-state index < -0.39 is 0 Å². The van der Waals surface area contributed by atoms with E-state index in [9.17, 15) is 0 Å². The number of hydrogen-bond donors (Lipinski definition) is 0. The maximum absolute atomic E-state index is 6.62. The smallest absolute Gasteiger partial charge is 0.146 e. The highest BCUT2D eigenvalue weighted by Crippen LogP contribution is 2.39. The second kappa shape index (κ2) is 12.1. The highest BCUT2D eigenvalue weighted by atomic mass is 16.5. The summed E-state index contributed by atoms with van der Waals surface area (Å²) >= 11 is 0. The van der Waals surface area contributed by atoms with E-state index in [2.05, 4.69) is 111 Å². The quantitative estimate of drug-likeness (QED) is 0.177. The van der Waals surface area contributed by atoms with Gasteiger partial charge in [0.15, 0.2) is 0 Å². The summed E-state index contributed by atoms with van der Waals surface area (Å²) in [4.78, 5) is 14.6. The third kappa shape index (κ3) is 5.27. The minimum atomic E-state index is 0.411. The van der Waals surface area contributed by atoms with Gasteiger partial charge < -0.3 is 4.74 Å². The average Bonchev–Trinajstić information content (AvgIpc) is 3.50. The van der Waals surface area contributed by atoms with Gasteiger partial charge in [-0.1, -0.05) is 76.2 Å². The molecule has 48 heavy (non-hydrogen) atoms. The number of nitrogens with zero attached hydrogens (tertiary/aromatic N) is 4. The van der Waals surface area contributed by atoms with Gasteiger partial charge in [0.2, 0.25) is 0 Å². The fourth-order valence-electron chi connectivity index (χ4n) is 6.81. The molecule has 4 heterocycles. The summed E-state index contributed by atoms with van der Waals surface area (Å²) in [6, 6.07) is 39.7. The molecule has 0 aliphatic heterocycles. The second-order valence-corrected chi connectivity index (χ2v) is 12.9. The number of para-hydroxylation sites is 2. The largest absolute Gasteiger partial charge is 0.457 e. The normalized spacial score (nSPS) is 11.7. The summed E-state index contributed by atoms with van der Waals surface area (Å²) < 4.78 is 8.77. The van der Waals surface area contributed by atoms with Gasteiger partial charge in [-0.25, -0.2) is 4.98 Å². The molecule has 0 atom stereocenters. The van der Waals surface area contributed by atoms with Crippen LogP contribution in [0.2, 0.25) is 0 Å². The van der Waals surface area contributed by atoms with E-state index in [0.29, 0.717) is 11.8 Å². The van der Waals surface area contributed by atoms with Gasteiger partial charge in [0.05, 0.1) is 22.4 Å². The van der Waals surface area contributed by atoms with Crippen LogP contribution in [0.4, 0.5) is 0 Å². The topological polar surface area (TPSA) is 52.3 Å². The first-order chi connectivity index (χ1) is 23.4.